The quantitative estimate of drug-likeness (QED) is 0.368. The molecule has 1 nitrogen and oxygen atoms in total. The molecule has 0 atom stereocenters. The van der Waals surface area contributed by atoms with Crippen LogP contribution >= 0.6 is 0 Å². The third-order valence-corrected chi connectivity index (χ3v) is 4.86. The van der Waals surface area contributed by atoms with Gasteiger partial charge in [0.15, 0.2) is 0 Å². The van der Waals surface area contributed by atoms with E-state index >= 15 is 0 Å². The standard InChI is InChI=1S/C23H34O/c1-3-4-5-6-7-8-9-10-11-14-19-24-23-18-17-20(2)21-15-12-13-16-22(21)23/h12-13,15-18H,3-11,14,19H2,1-2H3. The molecule has 0 aliphatic heterocycles. The highest BCUT2D eigenvalue weighted by molar-refractivity contribution is 5.90. The highest BCUT2D eigenvalue weighted by Crippen LogP contribution is 2.28. The summed E-state index contributed by atoms with van der Waals surface area (Å²) in [5, 5.41) is 2.54. The molecule has 1 heteroatoms. The predicted molar refractivity (Wildman–Crippen MR) is 106 cm³/mol. The second kappa shape index (κ2) is 11.1. The lowest BCUT2D eigenvalue weighted by molar-refractivity contribution is 0.307. The van der Waals surface area contributed by atoms with Gasteiger partial charge in [0.05, 0.1) is 6.61 Å². The van der Waals surface area contributed by atoms with Crippen molar-refractivity contribution >= 4 is 10.8 Å². The molecule has 132 valence electrons. The predicted octanol–water partition coefficient (Wildman–Crippen LogP) is 7.45. The Bertz CT molecular complexity index is 588. The second-order valence-corrected chi connectivity index (χ2v) is 6.96. The third-order valence-electron chi connectivity index (χ3n) is 4.86. The van der Waals surface area contributed by atoms with Crippen LogP contribution in [0, 0.1) is 6.92 Å². The summed E-state index contributed by atoms with van der Waals surface area (Å²) in [7, 11) is 0. The first-order valence-corrected chi connectivity index (χ1v) is 9.94. The maximum absolute atomic E-state index is 6.05. The monoisotopic (exact) mass is 326 g/mol. The van der Waals surface area contributed by atoms with E-state index < -0.39 is 0 Å². The van der Waals surface area contributed by atoms with E-state index in [1.54, 1.807) is 0 Å². The van der Waals surface area contributed by atoms with Crippen LogP contribution in [0.25, 0.3) is 10.8 Å². The van der Waals surface area contributed by atoms with E-state index in [4.69, 9.17) is 4.74 Å². The largest absolute Gasteiger partial charge is 0.493 e. The van der Waals surface area contributed by atoms with Gasteiger partial charge >= 0.3 is 0 Å². The smallest absolute Gasteiger partial charge is 0.127 e. The molecule has 0 aliphatic carbocycles. The number of rotatable bonds is 12. The van der Waals surface area contributed by atoms with Crippen molar-refractivity contribution in [3.05, 3.63) is 42.0 Å². The molecule has 2 rings (SSSR count). The molecule has 0 aliphatic rings. The number of aryl methyl sites for hydroxylation is 1. The van der Waals surface area contributed by atoms with E-state index in [2.05, 4.69) is 50.2 Å². The fourth-order valence-corrected chi connectivity index (χ4v) is 3.32. The summed E-state index contributed by atoms with van der Waals surface area (Å²) in [5.41, 5.74) is 1.32. The fourth-order valence-electron chi connectivity index (χ4n) is 3.32. The third kappa shape index (κ3) is 6.19. The molecule has 0 radical (unpaired) electrons. The molecule has 0 aromatic heterocycles. The maximum atomic E-state index is 6.05. The molecule has 2 aromatic carbocycles. The molecule has 0 bridgehead atoms. The van der Waals surface area contributed by atoms with E-state index in [0.29, 0.717) is 0 Å². The summed E-state index contributed by atoms with van der Waals surface area (Å²) < 4.78 is 6.05. The van der Waals surface area contributed by atoms with Crippen LogP contribution in [-0.4, -0.2) is 6.61 Å². The summed E-state index contributed by atoms with van der Waals surface area (Å²) in [6, 6.07) is 12.8. The maximum Gasteiger partial charge on any atom is 0.127 e. The molecule has 2 aromatic rings. The van der Waals surface area contributed by atoms with E-state index in [-0.39, 0.29) is 0 Å². The van der Waals surface area contributed by atoms with Gasteiger partial charge in [-0.25, -0.2) is 0 Å². The van der Waals surface area contributed by atoms with Gasteiger partial charge in [-0.3, -0.25) is 0 Å². The molecule has 0 fully saturated rings. The Hall–Kier alpha value is -1.50. The molecule has 0 heterocycles. The SMILES string of the molecule is CCCCCCCCCCCCOc1ccc(C)c2ccccc12. The van der Waals surface area contributed by atoms with Crippen LogP contribution in [0.2, 0.25) is 0 Å². The Kier molecular flexibility index (Phi) is 8.73. The summed E-state index contributed by atoms with van der Waals surface area (Å²) in [4.78, 5) is 0. The molecule has 24 heavy (non-hydrogen) atoms. The zero-order valence-corrected chi connectivity index (χ0v) is 15.7. The van der Waals surface area contributed by atoms with Crippen LogP contribution in [0.1, 0.15) is 76.7 Å². The van der Waals surface area contributed by atoms with Crippen LogP contribution in [-0.2, 0) is 0 Å². The van der Waals surface area contributed by atoms with Crippen molar-refractivity contribution in [1.29, 1.82) is 0 Å². The van der Waals surface area contributed by atoms with E-state index in [0.717, 1.165) is 18.8 Å². The highest BCUT2D eigenvalue weighted by atomic mass is 16.5. The van der Waals surface area contributed by atoms with Gasteiger partial charge in [-0.15, -0.1) is 0 Å². The molecular formula is C23H34O. The Balaban J connectivity index is 1.59. The number of ether oxygens (including phenoxy) is 1. The normalized spacial score (nSPS) is 11.1. The van der Waals surface area contributed by atoms with Crippen LogP contribution in [0.4, 0.5) is 0 Å². The molecule has 0 amide bonds. The first-order chi connectivity index (χ1) is 11.8. The lowest BCUT2D eigenvalue weighted by Gasteiger charge is -2.11. The van der Waals surface area contributed by atoms with Crippen molar-refractivity contribution in [3.63, 3.8) is 0 Å². The first-order valence-electron chi connectivity index (χ1n) is 9.94. The average molecular weight is 327 g/mol. The minimum absolute atomic E-state index is 0.837. The lowest BCUT2D eigenvalue weighted by atomic mass is 10.0. The minimum Gasteiger partial charge on any atom is -0.493 e. The van der Waals surface area contributed by atoms with Crippen molar-refractivity contribution in [2.24, 2.45) is 0 Å². The van der Waals surface area contributed by atoms with E-state index in [9.17, 15) is 0 Å². The van der Waals surface area contributed by atoms with Gasteiger partial charge in [-0.2, -0.15) is 0 Å². The van der Waals surface area contributed by atoms with Crippen LogP contribution < -0.4 is 4.74 Å². The fraction of sp³-hybridized carbons (Fsp3) is 0.565. The van der Waals surface area contributed by atoms with Gasteiger partial charge in [-0.05, 0) is 30.4 Å². The lowest BCUT2D eigenvalue weighted by Crippen LogP contribution is -1.98. The summed E-state index contributed by atoms with van der Waals surface area (Å²) in [6.07, 6.45) is 13.6. The number of benzene rings is 2. The molecular weight excluding hydrogens is 292 g/mol. The van der Waals surface area contributed by atoms with Gasteiger partial charge in [-0.1, -0.05) is 95.0 Å². The van der Waals surface area contributed by atoms with Crippen LogP contribution in [0.15, 0.2) is 36.4 Å². The Labute approximate surface area is 148 Å². The summed E-state index contributed by atoms with van der Waals surface area (Å²) in [5.74, 6) is 1.03. The molecule has 0 spiro atoms. The molecule has 0 saturated heterocycles. The van der Waals surface area contributed by atoms with Crippen molar-refractivity contribution < 1.29 is 4.74 Å². The van der Waals surface area contributed by atoms with Crippen molar-refractivity contribution in [2.75, 3.05) is 6.61 Å². The zero-order valence-electron chi connectivity index (χ0n) is 15.7. The summed E-state index contributed by atoms with van der Waals surface area (Å²) in [6.45, 7) is 5.28. The van der Waals surface area contributed by atoms with E-state index in [1.807, 2.05) is 0 Å². The van der Waals surface area contributed by atoms with Gasteiger partial charge in [0.1, 0.15) is 5.75 Å². The number of hydrogen-bond donors (Lipinski definition) is 0. The van der Waals surface area contributed by atoms with Crippen molar-refractivity contribution in [1.82, 2.24) is 0 Å². The number of unbranched alkanes of at least 4 members (excludes halogenated alkanes) is 9. The Morgan fingerprint density at radius 1 is 0.667 bits per heavy atom. The average Bonchev–Trinajstić information content (AvgIpc) is 2.61. The topological polar surface area (TPSA) is 9.23 Å². The highest BCUT2D eigenvalue weighted by Gasteiger charge is 2.03. The second-order valence-electron chi connectivity index (χ2n) is 6.96. The zero-order chi connectivity index (χ0) is 17.0. The number of hydrogen-bond acceptors (Lipinski definition) is 1. The van der Waals surface area contributed by atoms with Gasteiger partial charge in [0, 0.05) is 5.39 Å². The van der Waals surface area contributed by atoms with Gasteiger partial charge in [0.25, 0.3) is 0 Å². The van der Waals surface area contributed by atoms with Crippen LogP contribution in [0.3, 0.4) is 0 Å². The summed E-state index contributed by atoms with van der Waals surface area (Å²) >= 11 is 0. The minimum atomic E-state index is 0.837. The molecule has 0 N–H and O–H groups in total. The van der Waals surface area contributed by atoms with Crippen LogP contribution in [0.5, 0.6) is 5.75 Å². The van der Waals surface area contributed by atoms with Crippen molar-refractivity contribution in [2.45, 2.75) is 78.1 Å². The Morgan fingerprint density at radius 3 is 1.92 bits per heavy atom. The Morgan fingerprint density at radius 2 is 1.25 bits per heavy atom. The van der Waals surface area contributed by atoms with Gasteiger partial charge in [0.2, 0.25) is 0 Å². The molecule has 0 unspecified atom stereocenters. The van der Waals surface area contributed by atoms with Gasteiger partial charge < -0.3 is 4.74 Å². The number of fused-ring (bicyclic) bond motifs is 1. The van der Waals surface area contributed by atoms with E-state index in [1.165, 1.54) is 74.1 Å². The van der Waals surface area contributed by atoms with Crippen molar-refractivity contribution in [3.8, 4) is 5.75 Å². The molecule has 0 saturated carbocycles. The first kappa shape index (κ1) is 18.8.